The largest absolute Gasteiger partial charge is 0.481 e. The van der Waals surface area contributed by atoms with Crippen LogP contribution in [-0.4, -0.2) is 212 Å². The van der Waals surface area contributed by atoms with E-state index in [4.69, 9.17) is 11.5 Å². The molecule has 134 heavy (non-hydrogen) atoms. The molecule has 1 saturated heterocycles. The van der Waals surface area contributed by atoms with Crippen molar-refractivity contribution in [3.05, 3.63) is 138 Å². The number of aliphatic carboxylic acids is 1. The standard InChI is InChI=1S/C100H153N17O17/c1-7-9-10-11-12-13-14-15-16-17-18-19-34-53-82(119)104-58-39-25-35-54-83(120)105-59-40-37-51-76(93(127)110-75(91(102)125)48-36-38-57-101)108-85(122)64-73(62-70-42-26-22-27-43-70)107-92(126)77-49-32-20-21-33-50-78(94(128)114-88(68(5)8-2)98(132)112-77)111-97(131)81-52-41-60-117(81)100(134)90(87(71-44-28-23-29-45-71)72-46-30-24-31-47-72)116-96(130)80(63-74-65-103-66-106-74)113-99(133)89(69(6)118)115-95(129)79(55-56-86(123)124)109-84(121)61-67(3)4/h20-24,26-31,42-47,65-69,73,75-81,87-90,118H,7-19,25,32-41,48-64,101H2,1-6H3,(H2,102,125)(H,103,106)(H,104,119)(H,105,120)(H,107,126)(H,108,122)(H,109,121)(H,110,127)(H,111,131)(H,112,132)(H,113,133)(H,114,128)(H,115,129)(H,116,130)(H,123,124)/b21-20+/t68-,69+,73-,75+,76-,77-,78-,79-,80-,81-,88-,89-,90-/m0/s1. The highest BCUT2D eigenvalue weighted by Gasteiger charge is 2.45. The average molecular weight is 1870 g/mol. The molecule has 0 unspecified atom stereocenters. The number of carboxylic acids is 1. The Labute approximate surface area is 790 Å². The van der Waals surface area contributed by atoms with Crippen molar-refractivity contribution in [2.75, 3.05) is 26.2 Å². The van der Waals surface area contributed by atoms with Gasteiger partial charge in [0.1, 0.15) is 60.4 Å². The second-order valence-electron chi connectivity index (χ2n) is 36.3. The van der Waals surface area contributed by atoms with Crippen LogP contribution in [0.15, 0.2) is 116 Å². The van der Waals surface area contributed by atoms with Gasteiger partial charge in [-0.05, 0) is 151 Å². The Kier molecular flexibility index (Phi) is 52.3. The molecule has 1 aromatic heterocycles. The van der Waals surface area contributed by atoms with Crippen LogP contribution < -0.4 is 75.3 Å². The number of carboxylic acid groups (broad SMARTS) is 1. The average Bonchev–Trinajstić information content (AvgIpc) is 1.46. The molecule has 0 spiro atoms. The van der Waals surface area contributed by atoms with Gasteiger partial charge in [0.05, 0.1) is 12.4 Å². The lowest BCUT2D eigenvalue weighted by atomic mass is 9.84. The Morgan fingerprint density at radius 3 is 1.60 bits per heavy atom. The van der Waals surface area contributed by atoms with E-state index in [0.717, 1.165) is 37.7 Å². The molecule has 0 aliphatic carbocycles. The summed E-state index contributed by atoms with van der Waals surface area (Å²) in [5.74, 6) is -12.2. The number of aliphatic hydroxyl groups is 1. The highest BCUT2D eigenvalue weighted by molar-refractivity contribution is 6.00. The monoisotopic (exact) mass is 1860 g/mol. The van der Waals surface area contributed by atoms with Crippen LogP contribution in [0.2, 0.25) is 0 Å². The zero-order valence-corrected chi connectivity index (χ0v) is 79.7. The first-order chi connectivity index (χ1) is 64.5. The number of nitrogens with two attached hydrogens (primary N) is 2. The zero-order valence-electron chi connectivity index (χ0n) is 79.7. The minimum absolute atomic E-state index is 0.00681. The lowest BCUT2D eigenvalue weighted by molar-refractivity contribution is -0.143. The maximum Gasteiger partial charge on any atom is 0.303 e. The van der Waals surface area contributed by atoms with Gasteiger partial charge in [0, 0.05) is 82.0 Å². The Bertz CT molecular complexity index is 4250. The fourth-order valence-corrected chi connectivity index (χ4v) is 16.8. The minimum Gasteiger partial charge on any atom is -0.481 e. The summed E-state index contributed by atoms with van der Waals surface area (Å²) in [4.78, 5) is 220. The van der Waals surface area contributed by atoms with E-state index in [1.807, 2.05) is 25.1 Å². The molecule has 3 aromatic carbocycles. The molecule has 0 bridgehead atoms. The number of allylic oxidation sites excluding steroid dienone is 2. The molecule has 1 fully saturated rings. The van der Waals surface area contributed by atoms with Crippen molar-refractivity contribution in [3.8, 4) is 0 Å². The van der Waals surface area contributed by atoms with Crippen molar-refractivity contribution >= 4 is 88.7 Å². The first kappa shape index (κ1) is 111. The number of likely N-dealkylation sites (tertiary alicyclic amines) is 1. The number of unbranched alkanes of at least 4 members (excludes halogenated alkanes) is 16. The number of benzene rings is 3. The summed E-state index contributed by atoms with van der Waals surface area (Å²) in [7, 11) is 0. The SMILES string of the molecule is CCCCCCCCCCCCCCCC(=O)NCCCCCC(=O)NCCCC[C@H](NC(=O)C[C@H](Cc1ccccc1)NC(=O)[C@@H]1CC/C=C/CC[C@H](NC(=O)[C@@H]2CCCN2C(=O)[C@@H](NC(=O)[C@H](Cc2cnc[nH]2)NC(=O)[C@@H](NC(=O)[C@H](CCC(=O)O)NC(=O)CC(C)C)[C@@H](C)O)C(c2ccccc2)c2ccccc2)C(=O)N[C@@H]([C@@H](C)CC)C(=O)N1)C(=O)N[C@H](CCCCN)C(N)=O. The van der Waals surface area contributed by atoms with Crippen molar-refractivity contribution in [2.45, 2.75) is 358 Å². The molecular weight excluding hydrogens is 1710 g/mol. The van der Waals surface area contributed by atoms with Crippen molar-refractivity contribution in [1.82, 2.24) is 78.7 Å². The molecule has 14 amide bonds. The van der Waals surface area contributed by atoms with Gasteiger partial charge in [0.25, 0.3) is 0 Å². The number of rotatable bonds is 62. The van der Waals surface area contributed by atoms with E-state index < -0.39 is 168 Å². The van der Waals surface area contributed by atoms with Crippen LogP contribution in [0.5, 0.6) is 0 Å². The quantitative estimate of drug-likeness (QED) is 0.0148. The summed E-state index contributed by atoms with van der Waals surface area (Å²) in [5, 5.41) is 54.5. The number of carbonyl (C=O) groups excluding carboxylic acids is 14. The molecule has 0 radical (unpaired) electrons. The molecule has 2 aliphatic heterocycles. The van der Waals surface area contributed by atoms with E-state index in [0.29, 0.717) is 87.7 Å². The first-order valence-corrected chi connectivity index (χ1v) is 49.0. The normalized spacial score (nSPS) is 17.5. The molecule has 19 N–H and O–H groups in total. The summed E-state index contributed by atoms with van der Waals surface area (Å²) in [6.45, 7) is 11.7. The fraction of sp³-hybridized carbons (Fsp3) is 0.620. The van der Waals surface area contributed by atoms with Gasteiger partial charge in [0.2, 0.25) is 82.7 Å². The number of carbonyl (C=O) groups is 15. The van der Waals surface area contributed by atoms with E-state index in [9.17, 15) is 63.0 Å². The van der Waals surface area contributed by atoms with E-state index in [1.54, 1.807) is 106 Å². The first-order valence-electron chi connectivity index (χ1n) is 49.0. The summed E-state index contributed by atoms with van der Waals surface area (Å²) in [6.07, 6.45) is 25.7. The summed E-state index contributed by atoms with van der Waals surface area (Å²) in [6, 6.07) is 12.1. The lowest BCUT2D eigenvalue weighted by Crippen LogP contribution is -2.62. The van der Waals surface area contributed by atoms with Gasteiger partial charge in [-0.2, -0.15) is 0 Å². The third kappa shape index (κ3) is 42.0. The molecule has 740 valence electrons. The van der Waals surface area contributed by atoms with Gasteiger partial charge >= 0.3 is 5.97 Å². The molecule has 13 atom stereocenters. The maximum atomic E-state index is 16.0. The highest BCUT2D eigenvalue weighted by atomic mass is 16.4. The van der Waals surface area contributed by atoms with Crippen LogP contribution in [0.3, 0.4) is 0 Å². The number of H-pyrrole nitrogens is 1. The minimum atomic E-state index is -1.79. The van der Waals surface area contributed by atoms with Gasteiger partial charge < -0.3 is 95.4 Å². The predicted molar refractivity (Wildman–Crippen MR) is 512 cm³/mol. The summed E-state index contributed by atoms with van der Waals surface area (Å²) >= 11 is 0. The second-order valence-corrected chi connectivity index (χ2v) is 36.3. The third-order valence-corrected chi connectivity index (χ3v) is 24.6. The molecular formula is C100H153N17O17. The molecule has 6 rings (SSSR count). The second kappa shape index (κ2) is 62.9. The number of aliphatic hydroxyl groups excluding tert-OH is 1. The van der Waals surface area contributed by atoms with Crippen LogP contribution >= 0.6 is 0 Å². The fourth-order valence-electron chi connectivity index (χ4n) is 16.8. The number of aromatic amines is 1. The van der Waals surface area contributed by atoms with Crippen LogP contribution in [0, 0.1) is 11.8 Å². The number of primary amides is 1. The van der Waals surface area contributed by atoms with E-state index >= 15 is 19.2 Å². The van der Waals surface area contributed by atoms with Gasteiger partial charge in [0.15, 0.2) is 0 Å². The predicted octanol–water partition coefficient (Wildman–Crippen LogP) is 7.78. The highest BCUT2D eigenvalue weighted by Crippen LogP contribution is 2.32. The lowest BCUT2D eigenvalue weighted by Gasteiger charge is -2.35. The molecule has 3 heterocycles. The number of aromatic nitrogens is 2. The molecule has 0 saturated carbocycles. The molecule has 4 aromatic rings. The Morgan fingerprint density at radius 2 is 1.04 bits per heavy atom. The number of hydrogen-bond acceptors (Lipinski definition) is 18. The number of nitrogens with zero attached hydrogens (tertiary/aromatic N) is 2. The van der Waals surface area contributed by atoms with Crippen LogP contribution in [-0.2, 0) is 84.8 Å². The van der Waals surface area contributed by atoms with Crippen LogP contribution in [0.4, 0.5) is 0 Å². The Morgan fingerprint density at radius 1 is 0.515 bits per heavy atom. The van der Waals surface area contributed by atoms with E-state index in [1.165, 1.54) is 88.6 Å². The molecule has 34 nitrogen and oxygen atoms in total. The van der Waals surface area contributed by atoms with Gasteiger partial charge in [-0.1, -0.05) is 228 Å². The van der Waals surface area contributed by atoms with Crippen LogP contribution in [0.25, 0.3) is 0 Å². The molecule has 2 aliphatic rings. The Balaban J connectivity index is 1.13. The van der Waals surface area contributed by atoms with E-state index in [2.05, 4.69) is 80.7 Å². The molecule has 34 heteroatoms. The van der Waals surface area contributed by atoms with E-state index in [-0.39, 0.29) is 108 Å². The van der Waals surface area contributed by atoms with Gasteiger partial charge in [-0.25, -0.2) is 4.98 Å². The van der Waals surface area contributed by atoms with Crippen molar-refractivity contribution in [2.24, 2.45) is 23.3 Å². The van der Waals surface area contributed by atoms with Crippen molar-refractivity contribution in [1.29, 1.82) is 0 Å². The van der Waals surface area contributed by atoms with Gasteiger partial charge in [-0.15, -0.1) is 0 Å². The maximum absolute atomic E-state index is 16.0. The number of imidazole rings is 1. The summed E-state index contributed by atoms with van der Waals surface area (Å²) in [5.41, 5.74) is 13.7. The number of nitrogens with one attached hydrogen (secondary N) is 13. The van der Waals surface area contributed by atoms with Gasteiger partial charge in [-0.3, -0.25) is 71.9 Å². The van der Waals surface area contributed by atoms with Crippen molar-refractivity contribution in [3.63, 3.8) is 0 Å². The Hall–Kier alpha value is -11.4. The van der Waals surface area contributed by atoms with Crippen LogP contribution in [0.1, 0.15) is 295 Å². The summed E-state index contributed by atoms with van der Waals surface area (Å²) < 4.78 is 0. The number of hydrogen-bond donors (Lipinski definition) is 17. The topological polar surface area (TPSA) is 525 Å². The third-order valence-electron chi connectivity index (χ3n) is 24.6. The smallest absolute Gasteiger partial charge is 0.303 e. The zero-order chi connectivity index (χ0) is 97.5. The number of amides is 14. The van der Waals surface area contributed by atoms with Crippen molar-refractivity contribution < 1.29 is 82.1 Å².